The predicted octanol–water partition coefficient (Wildman–Crippen LogP) is 0.759. The largest absolute Gasteiger partial charge is 0.395 e. The molecule has 0 aliphatic heterocycles. The first-order valence-corrected chi connectivity index (χ1v) is 5.85. The van der Waals surface area contributed by atoms with Gasteiger partial charge in [0, 0.05) is 24.4 Å². The second-order valence-electron chi connectivity index (χ2n) is 3.84. The highest BCUT2D eigenvalue weighted by molar-refractivity contribution is 6.03. The normalized spacial score (nSPS) is 9.70. The molecule has 0 radical (unpaired) electrons. The van der Waals surface area contributed by atoms with E-state index in [1.165, 1.54) is 12.4 Å². The van der Waals surface area contributed by atoms with Gasteiger partial charge in [-0.3, -0.25) is 15.1 Å². The third-order valence-electron chi connectivity index (χ3n) is 2.22. The van der Waals surface area contributed by atoms with Crippen LogP contribution in [-0.4, -0.2) is 32.7 Å². The Morgan fingerprint density at radius 2 is 2.35 bits per heavy atom. The molecule has 2 heterocycles. The zero-order valence-electron chi connectivity index (χ0n) is 10.8. The van der Waals surface area contributed by atoms with Gasteiger partial charge in [-0.15, -0.1) is 0 Å². The molecule has 0 saturated carbocycles. The van der Waals surface area contributed by atoms with Gasteiger partial charge in [-0.25, -0.2) is 0 Å². The molecule has 20 heavy (non-hydrogen) atoms. The average Bonchev–Trinajstić information content (AvgIpc) is 2.85. The fourth-order valence-corrected chi connectivity index (χ4v) is 1.37. The van der Waals surface area contributed by atoms with Crippen molar-refractivity contribution in [2.45, 2.75) is 13.3 Å². The number of hydrogen-bond donors (Lipinski definition) is 2. The van der Waals surface area contributed by atoms with E-state index in [1.54, 1.807) is 13.0 Å². The molecule has 0 spiro atoms. The van der Waals surface area contributed by atoms with Crippen LogP contribution in [0, 0.1) is 18.8 Å². The standard InChI is InChI=1S/C13H12N4O3/c1-9-15-13(20-17-9)16-12(19)11-6-10(7-14-8-11)4-2-3-5-18/h6-8,18H,3,5H2,1H3,(H,15,16,17,19). The molecular formula is C13H12N4O3. The van der Waals surface area contributed by atoms with Crippen molar-refractivity contribution in [1.82, 2.24) is 15.1 Å². The van der Waals surface area contributed by atoms with E-state index in [1.807, 2.05) is 0 Å². The maximum absolute atomic E-state index is 11.9. The number of nitrogens with zero attached hydrogens (tertiary/aromatic N) is 3. The summed E-state index contributed by atoms with van der Waals surface area (Å²) < 4.78 is 4.80. The summed E-state index contributed by atoms with van der Waals surface area (Å²) in [5, 5.41) is 14.7. The SMILES string of the molecule is Cc1noc(NC(=O)c2cncc(C#CCCO)c2)n1. The summed E-state index contributed by atoms with van der Waals surface area (Å²) in [5.41, 5.74) is 0.921. The summed E-state index contributed by atoms with van der Waals surface area (Å²) >= 11 is 0. The van der Waals surface area contributed by atoms with Crippen molar-refractivity contribution in [3.8, 4) is 11.8 Å². The molecular weight excluding hydrogens is 260 g/mol. The van der Waals surface area contributed by atoms with Crippen molar-refractivity contribution in [2.75, 3.05) is 11.9 Å². The predicted molar refractivity (Wildman–Crippen MR) is 69.8 cm³/mol. The number of hydrogen-bond acceptors (Lipinski definition) is 6. The first-order valence-electron chi connectivity index (χ1n) is 5.85. The van der Waals surface area contributed by atoms with Gasteiger partial charge in [0.15, 0.2) is 5.82 Å². The van der Waals surface area contributed by atoms with Crippen molar-refractivity contribution in [1.29, 1.82) is 0 Å². The molecule has 2 aromatic heterocycles. The molecule has 7 nitrogen and oxygen atoms in total. The molecule has 7 heteroatoms. The number of aromatic nitrogens is 3. The zero-order chi connectivity index (χ0) is 14.4. The number of carbonyl (C=O) groups is 1. The second kappa shape index (κ2) is 6.45. The molecule has 0 bridgehead atoms. The maximum atomic E-state index is 11.9. The monoisotopic (exact) mass is 272 g/mol. The van der Waals surface area contributed by atoms with Crippen molar-refractivity contribution < 1.29 is 14.4 Å². The van der Waals surface area contributed by atoms with Crippen molar-refractivity contribution in [3.05, 3.63) is 35.4 Å². The van der Waals surface area contributed by atoms with Gasteiger partial charge in [0.25, 0.3) is 5.91 Å². The van der Waals surface area contributed by atoms with Gasteiger partial charge in [-0.05, 0) is 13.0 Å². The lowest BCUT2D eigenvalue weighted by Gasteiger charge is -2.00. The summed E-state index contributed by atoms with van der Waals surface area (Å²) in [6.45, 7) is 1.65. The molecule has 0 saturated heterocycles. The number of rotatable bonds is 3. The number of aliphatic hydroxyl groups excluding tert-OH is 1. The van der Waals surface area contributed by atoms with Crippen LogP contribution in [0.1, 0.15) is 28.2 Å². The minimum absolute atomic E-state index is 0.00286. The Labute approximate surface area is 115 Å². The molecule has 0 aliphatic carbocycles. The van der Waals surface area contributed by atoms with E-state index in [2.05, 4.69) is 32.3 Å². The van der Waals surface area contributed by atoms with Crippen molar-refractivity contribution >= 4 is 11.9 Å². The van der Waals surface area contributed by atoms with Crippen LogP contribution in [0.2, 0.25) is 0 Å². The lowest BCUT2D eigenvalue weighted by atomic mass is 10.2. The molecule has 102 valence electrons. The molecule has 0 aliphatic rings. The van der Waals surface area contributed by atoms with Crippen LogP contribution < -0.4 is 5.32 Å². The highest BCUT2D eigenvalue weighted by Gasteiger charge is 2.10. The fraction of sp³-hybridized carbons (Fsp3) is 0.231. The van der Waals surface area contributed by atoms with E-state index >= 15 is 0 Å². The Balaban J connectivity index is 2.10. The smallest absolute Gasteiger partial charge is 0.328 e. The Bertz CT molecular complexity index is 669. The van der Waals surface area contributed by atoms with E-state index in [9.17, 15) is 4.79 Å². The lowest BCUT2D eigenvalue weighted by molar-refractivity contribution is 0.102. The molecule has 0 unspecified atom stereocenters. The Morgan fingerprint density at radius 1 is 1.50 bits per heavy atom. The summed E-state index contributed by atoms with van der Waals surface area (Å²) in [5.74, 6) is 5.59. The van der Waals surface area contributed by atoms with E-state index in [4.69, 9.17) is 9.63 Å². The van der Waals surface area contributed by atoms with Gasteiger partial charge in [0.2, 0.25) is 0 Å². The first-order chi connectivity index (χ1) is 9.69. The third-order valence-corrected chi connectivity index (χ3v) is 2.22. The molecule has 2 rings (SSSR count). The van der Waals surface area contributed by atoms with Gasteiger partial charge in [0.1, 0.15) is 0 Å². The lowest BCUT2D eigenvalue weighted by Crippen LogP contribution is -2.12. The molecule has 1 amide bonds. The Hall–Kier alpha value is -2.72. The number of amides is 1. The first kappa shape index (κ1) is 13.7. The van der Waals surface area contributed by atoms with E-state index in [0.29, 0.717) is 23.4 Å². The van der Waals surface area contributed by atoms with Gasteiger partial charge < -0.3 is 9.63 Å². The van der Waals surface area contributed by atoms with E-state index < -0.39 is 5.91 Å². The van der Waals surface area contributed by atoms with Crippen molar-refractivity contribution in [3.63, 3.8) is 0 Å². The number of aliphatic hydroxyl groups is 1. The molecule has 2 N–H and O–H groups in total. The summed E-state index contributed by atoms with van der Waals surface area (Å²) in [6, 6.07) is 1.62. The van der Waals surface area contributed by atoms with Gasteiger partial charge >= 0.3 is 6.01 Å². The Morgan fingerprint density at radius 3 is 3.05 bits per heavy atom. The van der Waals surface area contributed by atoms with E-state index in [-0.39, 0.29) is 12.6 Å². The van der Waals surface area contributed by atoms with Crippen LogP contribution in [0.4, 0.5) is 6.01 Å². The van der Waals surface area contributed by atoms with Crippen LogP contribution >= 0.6 is 0 Å². The Kier molecular flexibility index (Phi) is 4.42. The fourth-order valence-electron chi connectivity index (χ4n) is 1.37. The van der Waals surface area contributed by atoms with Crippen LogP contribution in [0.3, 0.4) is 0 Å². The van der Waals surface area contributed by atoms with Gasteiger partial charge in [-0.1, -0.05) is 17.0 Å². The topological polar surface area (TPSA) is 101 Å². The van der Waals surface area contributed by atoms with Gasteiger partial charge in [-0.2, -0.15) is 4.98 Å². The number of nitrogens with one attached hydrogen (secondary N) is 1. The molecule has 0 fully saturated rings. The average molecular weight is 272 g/mol. The number of aryl methyl sites for hydroxylation is 1. The minimum Gasteiger partial charge on any atom is -0.395 e. The van der Waals surface area contributed by atoms with Crippen LogP contribution in [0.5, 0.6) is 0 Å². The van der Waals surface area contributed by atoms with Crippen molar-refractivity contribution in [2.24, 2.45) is 0 Å². The minimum atomic E-state index is -0.410. The van der Waals surface area contributed by atoms with Crippen LogP contribution in [-0.2, 0) is 0 Å². The summed E-state index contributed by atoms with van der Waals surface area (Å²) in [7, 11) is 0. The number of anilines is 1. The maximum Gasteiger partial charge on any atom is 0.328 e. The number of carbonyl (C=O) groups excluding carboxylic acids is 1. The van der Waals surface area contributed by atoms with E-state index in [0.717, 1.165) is 0 Å². The third kappa shape index (κ3) is 3.63. The quantitative estimate of drug-likeness (QED) is 0.800. The van der Waals surface area contributed by atoms with Gasteiger partial charge in [0.05, 0.1) is 12.2 Å². The second-order valence-corrected chi connectivity index (χ2v) is 3.84. The molecule has 0 atom stereocenters. The summed E-state index contributed by atoms with van der Waals surface area (Å²) in [6.07, 6.45) is 3.32. The van der Waals surface area contributed by atoms with Crippen LogP contribution in [0.25, 0.3) is 0 Å². The number of pyridine rings is 1. The summed E-state index contributed by atoms with van der Waals surface area (Å²) in [4.78, 5) is 19.8. The van der Waals surface area contributed by atoms with Crippen LogP contribution in [0.15, 0.2) is 23.0 Å². The highest BCUT2D eigenvalue weighted by Crippen LogP contribution is 2.07. The zero-order valence-corrected chi connectivity index (χ0v) is 10.8. The molecule has 2 aromatic rings. The highest BCUT2D eigenvalue weighted by atomic mass is 16.5. The molecule has 0 aromatic carbocycles.